The van der Waals surface area contributed by atoms with E-state index in [1.54, 1.807) is 19.9 Å². The molecular weight excluding hydrogens is 354 g/mol. The van der Waals surface area contributed by atoms with E-state index in [2.05, 4.69) is 9.97 Å². The summed E-state index contributed by atoms with van der Waals surface area (Å²) in [6, 6.07) is 3.51. The van der Waals surface area contributed by atoms with E-state index in [0.717, 1.165) is 12.1 Å². The number of anilines is 1. The van der Waals surface area contributed by atoms with Gasteiger partial charge in [-0.1, -0.05) is 11.6 Å². The first kappa shape index (κ1) is 17.0. The minimum atomic E-state index is -0.0746. The molecule has 26 heavy (non-hydrogen) atoms. The Hall–Kier alpha value is -2.41. The zero-order valence-electron chi connectivity index (χ0n) is 14.7. The molecule has 136 valence electrons. The first-order valence-corrected chi connectivity index (χ1v) is 9.01. The molecular formula is C18H20ClN5O2. The Morgan fingerprint density at radius 2 is 2.04 bits per heavy atom. The monoisotopic (exact) mass is 373 g/mol. The number of nitrogens with two attached hydrogens (primary N) is 1. The maximum atomic E-state index is 12.8. The minimum Gasteiger partial charge on any atom is -0.368 e. The molecule has 2 aromatic rings. The highest BCUT2D eigenvalue weighted by Crippen LogP contribution is 2.37. The van der Waals surface area contributed by atoms with Crippen molar-refractivity contribution in [3.05, 3.63) is 38.9 Å². The fraction of sp³-hybridized carbons (Fsp3) is 0.444. The fourth-order valence-corrected chi connectivity index (χ4v) is 4.32. The molecule has 1 saturated heterocycles. The van der Waals surface area contributed by atoms with Crippen LogP contribution < -0.4 is 11.3 Å². The third-order valence-corrected chi connectivity index (χ3v) is 5.76. The van der Waals surface area contributed by atoms with Crippen LogP contribution in [0, 0.1) is 12.8 Å². The maximum absolute atomic E-state index is 12.8. The molecule has 0 aromatic carbocycles. The summed E-state index contributed by atoms with van der Waals surface area (Å²) in [6.07, 6.45) is 0.978. The predicted octanol–water partition coefficient (Wildman–Crippen LogP) is 1.81. The summed E-state index contributed by atoms with van der Waals surface area (Å²) >= 11 is 6.36. The van der Waals surface area contributed by atoms with E-state index in [9.17, 15) is 9.59 Å². The highest BCUT2D eigenvalue weighted by atomic mass is 35.5. The second-order valence-corrected chi connectivity index (χ2v) is 7.55. The lowest BCUT2D eigenvalue weighted by Gasteiger charge is -2.42. The lowest BCUT2D eigenvalue weighted by atomic mass is 9.82. The van der Waals surface area contributed by atoms with E-state index in [1.807, 2.05) is 15.5 Å². The van der Waals surface area contributed by atoms with E-state index >= 15 is 0 Å². The second-order valence-electron chi connectivity index (χ2n) is 7.17. The molecule has 0 aliphatic carbocycles. The van der Waals surface area contributed by atoms with Crippen molar-refractivity contribution in [1.82, 2.24) is 19.4 Å². The third kappa shape index (κ3) is 2.76. The summed E-state index contributed by atoms with van der Waals surface area (Å²) in [4.78, 5) is 34.7. The summed E-state index contributed by atoms with van der Waals surface area (Å²) in [6.45, 7) is 5.33. The van der Waals surface area contributed by atoms with Gasteiger partial charge in [-0.2, -0.15) is 0 Å². The summed E-state index contributed by atoms with van der Waals surface area (Å²) in [5.74, 6) is 0.654. The van der Waals surface area contributed by atoms with Gasteiger partial charge in [-0.3, -0.25) is 9.59 Å². The molecule has 2 bridgehead atoms. The van der Waals surface area contributed by atoms with Gasteiger partial charge in [-0.15, -0.1) is 0 Å². The molecule has 7 nitrogen and oxygen atoms in total. The first-order valence-electron chi connectivity index (χ1n) is 8.63. The van der Waals surface area contributed by atoms with E-state index in [1.165, 1.54) is 0 Å². The Morgan fingerprint density at radius 3 is 2.77 bits per heavy atom. The van der Waals surface area contributed by atoms with Crippen molar-refractivity contribution in [2.75, 3.05) is 18.8 Å². The van der Waals surface area contributed by atoms with E-state index in [4.69, 9.17) is 17.3 Å². The number of aromatic nitrogens is 3. The molecule has 1 amide bonds. The normalized spacial score (nSPS) is 21.4. The van der Waals surface area contributed by atoms with Gasteiger partial charge in [0.1, 0.15) is 0 Å². The van der Waals surface area contributed by atoms with Crippen molar-refractivity contribution in [2.24, 2.45) is 5.92 Å². The van der Waals surface area contributed by atoms with Crippen molar-refractivity contribution in [3.8, 4) is 11.3 Å². The molecule has 8 heteroatoms. The Kier molecular flexibility index (Phi) is 3.99. The number of hydrogen-bond donors (Lipinski definition) is 1. The molecule has 2 aliphatic heterocycles. The number of pyridine rings is 1. The number of halogens is 1. The summed E-state index contributed by atoms with van der Waals surface area (Å²) < 4.78 is 1.82. The van der Waals surface area contributed by atoms with Gasteiger partial charge in [-0.25, -0.2) is 9.97 Å². The van der Waals surface area contributed by atoms with Crippen LogP contribution in [0.4, 0.5) is 5.95 Å². The number of rotatable bonds is 1. The number of amides is 1. The van der Waals surface area contributed by atoms with Crippen LogP contribution in [0.1, 0.15) is 30.7 Å². The molecule has 0 saturated carbocycles. The van der Waals surface area contributed by atoms with Gasteiger partial charge in [0.15, 0.2) is 0 Å². The van der Waals surface area contributed by atoms with E-state index in [-0.39, 0.29) is 23.3 Å². The number of hydrogen-bond acceptors (Lipinski definition) is 5. The van der Waals surface area contributed by atoms with Crippen LogP contribution in [0.25, 0.3) is 11.3 Å². The topological polar surface area (TPSA) is 94.1 Å². The van der Waals surface area contributed by atoms with Crippen molar-refractivity contribution in [1.29, 1.82) is 0 Å². The smallest absolute Gasteiger partial charge is 0.251 e. The van der Waals surface area contributed by atoms with Crippen LogP contribution >= 0.6 is 11.6 Å². The summed E-state index contributed by atoms with van der Waals surface area (Å²) in [5.41, 5.74) is 8.31. The van der Waals surface area contributed by atoms with Crippen LogP contribution in [0.3, 0.4) is 0 Å². The first-order chi connectivity index (χ1) is 12.3. The molecule has 4 rings (SSSR count). The molecule has 4 heterocycles. The Morgan fingerprint density at radius 1 is 1.27 bits per heavy atom. The minimum absolute atomic E-state index is 0.0746. The molecule has 2 aromatic heterocycles. The van der Waals surface area contributed by atoms with Crippen molar-refractivity contribution in [2.45, 2.75) is 32.7 Å². The van der Waals surface area contributed by atoms with Gasteiger partial charge >= 0.3 is 0 Å². The highest BCUT2D eigenvalue weighted by Gasteiger charge is 2.35. The predicted molar refractivity (Wildman–Crippen MR) is 99.0 cm³/mol. The number of likely N-dealkylation sites (tertiary alicyclic amines) is 1. The average Bonchev–Trinajstić information content (AvgIpc) is 2.58. The number of carbonyl (C=O) groups is 1. The molecule has 0 unspecified atom stereocenters. The molecule has 0 spiro atoms. The van der Waals surface area contributed by atoms with Crippen LogP contribution in [0.15, 0.2) is 16.9 Å². The zero-order valence-corrected chi connectivity index (χ0v) is 15.5. The molecule has 2 aliphatic rings. The van der Waals surface area contributed by atoms with Crippen LogP contribution in [0.5, 0.6) is 0 Å². The Bertz CT molecular complexity index is 971. The number of nitrogens with zero attached hydrogens (tertiary/aromatic N) is 4. The molecule has 2 atom stereocenters. The largest absolute Gasteiger partial charge is 0.368 e. The maximum Gasteiger partial charge on any atom is 0.251 e. The SMILES string of the molecule is CC(=O)N1C[C@@H]2C[C@H](C1)c1cc(-c3nc(N)nc(C)c3Cl)cc(=O)n1C2. The number of carbonyl (C=O) groups excluding carboxylic acids is 1. The van der Waals surface area contributed by atoms with Gasteiger partial charge in [-0.05, 0) is 25.3 Å². The zero-order chi connectivity index (χ0) is 18.6. The number of fused-ring (bicyclic) bond motifs is 4. The molecule has 0 radical (unpaired) electrons. The molecule has 1 fully saturated rings. The van der Waals surface area contributed by atoms with Gasteiger partial charge < -0.3 is 15.2 Å². The average molecular weight is 374 g/mol. The van der Waals surface area contributed by atoms with Crippen LogP contribution in [0.2, 0.25) is 5.02 Å². The lowest BCUT2D eigenvalue weighted by Crippen LogP contribution is -2.48. The standard InChI is InChI=1S/C18H20ClN5O2/c1-9-16(19)17(22-18(20)21-9)12-4-14-13-3-11(6-23(8-13)10(2)25)7-24(14)15(26)5-12/h4-5,11,13H,3,6-8H2,1-2H3,(H2,20,21,22)/t11-,13+/m0/s1. The summed E-state index contributed by atoms with van der Waals surface area (Å²) in [5, 5.41) is 0.395. The third-order valence-electron chi connectivity index (χ3n) is 5.31. The van der Waals surface area contributed by atoms with E-state index in [0.29, 0.717) is 47.5 Å². The summed E-state index contributed by atoms with van der Waals surface area (Å²) in [7, 11) is 0. The van der Waals surface area contributed by atoms with Gasteiger partial charge in [0, 0.05) is 49.8 Å². The molecule has 2 N–H and O–H groups in total. The Labute approximate surface area is 155 Å². The van der Waals surface area contributed by atoms with Crippen LogP contribution in [-0.2, 0) is 11.3 Å². The number of aryl methyl sites for hydroxylation is 1. The van der Waals surface area contributed by atoms with E-state index < -0.39 is 0 Å². The van der Waals surface area contributed by atoms with Crippen molar-refractivity contribution >= 4 is 23.5 Å². The van der Waals surface area contributed by atoms with Gasteiger partial charge in [0.2, 0.25) is 11.9 Å². The quantitative estimate of drug-likeness (QED) is 0.822. The van der Waals surface area contributed by atoms with Crippen LogP contribution in [-0.4, -0.2) is 38.4 Å². The second kappa shape index (κ2) is 6.09. The van der Waals surface area contributed by atoms with Gasteiger partial charge in [0.05, 0.1) is 16.4 Å². The number of nitrogen functional groups attached to an aromatic ring is 1. The highest BCUT2D eigenvalue weighted by molar-refractivity contribution is 6.33. The Balaban J connectivity index is 1.83. The van der Waals surface area contributed by atoms with Crippen molar-refractivity contribution < 1.29 is 4.79 Å². The number of piperidine rings is 1. The fourth-order valence-electron chi connectivity index (χ4n) is 4.13. The van der Waals surface area contributed by atoms with Crippen molar-refractivity contribution in [3.63, 3.8) is 0 Å². The van der Waals surface area contributed by atoms with Gasteiger partial charge in [0.25, 0.3) is 5.56 Å². The lowest BCUT2D eigenvalue weighted by molar-refractivity contribution is -0.131.